The number of aldehydes is 1. The number of piperidine rings is 1. The zero-order chi connectivity index (χ0) is 17.0. The van der Waals surface area contributed by atoms with Gasteiger partial charge in [0.1, 0.15) is 11.3 Å². The minimum atomic E-state index is -0.460. The monoisotopic (exact) mass is 341 g/mol. The van der Waals surface area contributed by atoms with Gasteiger partial charge in [-0.2, -0.15) is 5.10 Å². The Bertz CT molecular complexity index is 557. The molecular weight excluding hydrogens is 318 g/mol. The van der Waals surface area contributed by atoms with E-state index in [1.807, 2.05) is 20.8 Å². The Morgan fingerprint density at radius 2 is 2.09 bits per heavy atom. The molecule has 0 radical (unpaired) electrons. The maximum Gasteiger partial charge on any atom is 0.410 e. The fourth-order valence-electron chi connectivity index (χ4n) is 2.70. The Labute approximate surface area is 141 Å². The van der Waals surface area contributed by atoms with Crippen molar-refractivity contribution < 1.29 is 14.3 Å². The second-order valence-electron chi connectivity index (χ2n) is 6.92. The van der Waals surface area contributed by atoms with Gasteiger partial charge in [0, 0.05) is 19.6 Å². The molecule has 2 heterocycles. The number of halogens is 1. The molecule has 0 aliphatic carbocycles. The van der Waals surface area contributed by atoms with Crippen LogP contribution >= 0.6 is 11.6 Å². The van der Waals surface area contributed by atoms with E-state index in [1.165, 1.54) is 6.20 Å². The van der Waals surface area contributed by atoms with Crippen molar-refractivity contribution in [2.24, 2.45) is 5.92 Å². The number of nitrogens with zero attached hydrogens (tertiary/aromatic N) is 3. The lowest BCUT2D eigenvalue weighted by atomic mass is 9.94. The molecule has 0 aromatic carbocycles. The molecule has 0 spiro atoms. The summed E-state index contributed by atoms with van der Waals surface area (Å²) in [5.41, 5.74) is -0.0312. The third kappa shape index (κ3) is 4.96. The topological polar surface area (TPSA) is 64.4 Å². The Balaban J connectivity index is 1.79. The van der Waals surface area contributed by atoms with Crippen LogP contribution in [0.5, 0.6) is 0 Å². The SMILES string of the molecule is CC(C)(C)OC(=O)N1CCC(CCn2ncc(Cl)c2C=O)CC1. The third-order valence-corrected chi connectivity index (χ3v) is 4.25. The van der Waals surface area contributed by atoms with E-state index in [0.29, 0.717) is 36.3 Å². The van der Waals surface area contributed by atoms with Crippen LogP contribution in [0.4, 0.5) is 4.79 Å². The lowest BCUT2D eigenvalue weighted by molar-refractivity contribution is 0.0179. The van der Waals surface area contributed by atoms with Crippen molar-refractivity contribution in [3.8, 4) is 0 Å². The average molecular weight is 342 g/mol. The number of amides is 1. The molecule has 2 rings (SSSR count). The fraction of sp³-hybridized carbons (Fsp3) is 0.688. The molecular formula is C16H24ClN3O3. The van der Waals surface area contributed by atoms with Crippen molar-refractivity contribution in [2.75, 3.05) is 13.1 Å². The highest BCUT2D eigenvalue weighted by molar-refractivity contribution is 6.32. The number of hydrogen-bond acceptors (Lipinski definition) is 4. The van der Waals surface area contributed by atoms with Gasteiger partial charge < -0.3 is 9.64 Å². The predicted octanol–water partition coefficient (Wildman–Crippen LogP) is 3.39. The molecule has 23 heavy (non-hydrogen) atoms. The van der Waals surface area contributed by atoms with Crippen molar-refractivity contribution in [3.63, 3.8) is 0 Å². The molecule has 0 bridgehead atoms. The molecule has 0 atom stereocenters. The van der Waals surface area contributed by atoms with Crippen molar-refractivity contribution >= 4 is 24.0 Å². The van der Waals surface area contributed by atoms with E-state index in [-0.39, 0.29) is 6.09 Å². The maximum atomic E-state index is 12.0. The van der Waals surface area contributed by atoms with Gasteiger partial charge in [-0.1, -0.05) is 11.6 Å². The first-order chi connectivity index (χ1) is 10.8. The zero-order valence-electron chi connectivity index (χ0n) is 13.9. The first-order valence-electron chi connectivity index (χ1n) is 7.94. The smallest absolute Gasteiger partial charge is 0.410 e. The van der Waals surface area contributed by atoms with E-state index in [4.69, 9.17) is 16.3 Å². The molecule has 1 fully saturated rings. The molecule has 0 N–H and O–H groups in total. The number of hydrogen-bond donors (Lipinski definition) is 0. The Morgan fingerprint density at radius 1 is 1.43 bits per heavy atom. The van der Waals surface area contributed by atoms with Gasteiger partial charge in [-0.05, 0) is 46.0 Å². The van der Waals surface area contributed by atoms with Gasteiger partial charge in [0.05, 0.1) is 11.2 Å². The van der Waals surface area contributed by atoms with E-state index in [1.54, 1.807) is 9.58 Å². The van der Waals surface area contributed by atoms with Crippen LogP contribution in [0.15, 0.2) is 6.20 Å². The van der Waals surface area contributed by atoms with Crippen LogP contribution in [0.25, 0.3) is 0 Å². The van der Waals surface area contributed by atoms with Crippen LogP contribution < -0.4 is 0 Å². The maximum absolute atomic E-state index is 12.0. The number of carbonyl (C=O) groups is 2. The van der Waals surface area contributed by atoms with Crippen LogP contribution in [-0.2, 0) is 11.3 Å². The molecule has 1 aromatic heterocycles. The second-order valence-corrected chi connectivity index (χ2v) is 7.33. The van der Waals surface area contributed by atoms with Gasteiger partial charge in [0.15, 0.2) is 6.29 Å². The minimum Gasteiger partial charge on any atom is -0.444 e. The summed E-state index contributed by atoms with van der Waals surface area (Å²) in [5, 5.41) is 4.51. The molecule has 1 aromatic rings. The molecule has 1 aliphatic heterocycles. The van der Waals surface area contributed by atoms with Gasteiger partial charge >= 0.3 is 6.09 Å². The van der Waals surface area contributed by atoms with Gasteiger partial charge in [-0.15, -0.1) is 0 Å². The van der Waals surface area contributed by atoms with Gasteiger partial charge in [0.2, 0.25) is 0 Å². The summed E-state index contributed by atoms with van der Waals surface area (Å²) in [4.78, 5) is 24.8. The number of carbonyl (C=O) groups excluding carboxylic acids is 2. The standard InChI is InChI=1S/C16H24ClN3O3/c1-16(2,3)23-15(22)19-7-4-12(5-8-19)6-9-20-14(11-21)13(17)10-18-20/h10-12H,4-9H2,1-3H3. The van der Waals surface area contributed by atoms with Crippen LogP contribution in [0.2, 0.25) is 5.02 Å². The van der Waals surface area contributed by atoms with Crippen molar-refractivity contribution in [3.05, 3.63) is 16.9 Å². The van der Waals surface area contributed by atoms with E-state index in [9.17, 15) is 9.59 Å². The average Bonchev–Trinajstić information content (AvgIpc) is 2.84. The number of rotatable bonds is 4. The molecule has 1 aliphatic rings. The number of aromatic nitrogens is 2. The second kappa shape index (κ2) is 7.34. The Kier molecular flexibility index (Phi) is 5.68. The summed E-state index contributed by atoms with van der Waals surface area (Å²) in [7, 11) is 0. The quantitative estimate of drug-likeness (QED) is 0.787. The molecule has 1 amide bonds. The highest BCUT2D eigenvalue weighted by atomic mass is 35.5. The summed E-state index contributed by atoms with van der Waals surface area (Å²) in [6.45, 7) is 7.70. The van der Waals surface area contributed by atoms with Crippen LogP contribution in [0.1, 0.15) is 50.5 Å². The largest absolute Gasteiger partial charge is 0.444 e. The van der Waals surface area contributed by atoms with E-state index in [2.05, 4.69) is 5.10 Å². The first-order valence-corrected chi connectivity index (χ1v) is 8.32. The van der Waals surface area contributed by atoms with E-state index < -0.39 is 5.60 Å². The molecule has 128 valence electrons. The summed E-state index contributed by atoms with van der Waals surface area (Å²) >= 11 is 5.90. The molecule has 1 saturated heterocycles. The lowest BCUT2D eigenvalue weighted by Gasteiger charge is -2.33. The number of likely N-dealkylation sites (tertiary alicyclic amines) is 1. The predicted molar refractivity (Wildman–Crippen MR) is 87.8 cm³/mol. The summed E-state index contributed by atoms with van der Waals surface area (Å²) < 4.78 is 7.04. The zero-order valence-corrected chi connectivity index (χ0v) is 14.7. The first kappa shape index (κ1) is 17.8. The third-order valence-electron chi connectivity index (χ3n) is 3.96. The van der Waals surface area contributed by atoms with Crippen molar-refractivity contribution in [1.82, 2.24) is 14.7 Å². The lowest BCUT2D eigenvalue weighted by Crippen LogP contribution is -2.41. The molecule has 0 unspecified atom stereocenters. The van der Waals surface area contributed by atoms with Gasteiger partial charge in [-0.3, -0.25) is 9.48 Å². The highest BCUT2D eigenvalue weighted by Crippen LogP contribution is 2.23. The van der Waals surface area contributed by atoms with E-state index >= 15 is 0 Å². The number of ether oxygens (including phenoxy) is 1. The Hall–Kier alpha value is -1.56. The van der Waals surface area contributed by atoms with Crippen LogP contribution in [-0.4, -0.2) is 45.8 Å². The minimum absolute atomic E-state index is 0.238. The molecule has 0 saturated carbocycles. The van der Waals surface area contributed by atoms with Crippen molar-refractivity contribution in [1.29, 1.82) is 0 Å². The van der Waals surface area contributed by atoms with Crippen molar-refractivity contribution in [2.45, 2.75) is 52.2 Å². The Morgan fingerprint density at radius 3 is 2.65 bits per heavy atom. The fourth-order valence-corrected chi connectivity index (χ4v) is 2.89. The van der Waals surface area contributed by atoms with E-state index in [0.717, 1.165) is 25.5 Å². The molecule has 7 heteroatoms. The van der Waals surface area contributed by atoms with Crippen LogP contribution in [0.3, 0.4) is 0 Å². The molecule has 6 nitrogen and oxygen atoms in total. The summed E-state index contributed by atoms with van der Waals surface area (Å²) in [6, 6.07) is 0. The van der Waals surface area contributed by atoms with Gasteiger partial charge in [0.25, 0.3) is 0 Å². The summed E-state index contributed by atoms with van der Waals surface area (Å²) in [5.74, 6) is 0.510. The van der Waals surface area contributed by atoms with Gasteiger partial charge in [-0.25, -0.2) is 4.79 Å². The number of aryl methyl sites for hydroxylation is 1. The highest BCUT2D eigenvalue weighted by Gasteiger charge is 2.26. The van der Waals surface area contributed by atoms with Crippen LogP contribution in [0, 0.1) is 5.92 Å². The summed E-state index contributed by atoms with van der Waals surface area (Å²) in [6.07, 6.45) is 4.78. The normalized spacial score (nSPS) is 16.4.